The highest BCUT2D eigenvalue weighted by Crippen LogP contribution is 2.23. The van der Waals surface area contributed by atoms with Crippen molar-refractivity contribution in [3.8, 4) is 0 Å². The van der Waals surface area contributed by atoms with Crippen molar-refractivity contribution in [2.24, 2.45) is 11.8 Å². The molecule has 0 radical (unpaired) electrons. The lowest BCUT2D eigenvalue weighted by molar-refractivity contribution is -0.142. The van der Waals surface area contributed by atoms with Crippen LogP contribution in [0.2, 0.25) is 10.0 Å². The number of carboxylic acids is 1. The summed E-state index contributed by atoms with van der Waals surface area (Å²) < 4.78 is 0. The van der Waals surface area contributed by atoms with Crippen LogP contribution in [0.1, 0.15) is 38.7 Å². The molecule has 0 saturated carbocycles. The van der Waals surface area contributed by atoms with E-state index in [2.05, 4.69) is 5.32 Å². The van der Waals surface area contributed by atoms with Crippen molar-refractivity contribution >= 4 is 29.2 Å². The number of halogens is 2. The smallest absolute Gasteiger partial charge is 0.307 e. The van der Waals surface area contributed by atoms with Crippen molar-refractivity contribution in [3.63, 3.8) is 0 Å². The molecular formula is C17H25Cl2NO2. The Bertz CT molecular complexity index is 478. The van der Waals surface area contributed by atoms with Crippen LogP contribution in [0.3, 0.4) is 0 Å². The van der Waals surface area contributed by atoms with E-state index in [-0.39, 0.29) is 5.92 Å². The van der Waals surface area contributed by atoms with E-state index in [1.807, 2.05) is 32.0 Å². The van der Waals surface area contributed by atoms with Crippen LogP contribution in [0, 0.1) is 11.8 Å². The minimum atomic E-state index is -0.711. The normalized spacial score (nSPS) is 12.6. The Labute approximate surface area is 143 Å². The first-order chi connectivity index (χ1) is 10.4. The molecule has 3 nitrogen and oxygen atoms in total. The zero-order valence-electron chi connectivity index (χ0n) is 13.2. The van der Waals surface area contributed by atoms with Crippen LogP contribution in [0.5, 0.6) is 0 Å². The molecule has 0 amide bonds. The van der Waals surface area contributed by atoms with Crippen molar-refractivity contribution in [2.75, 3.05) is 13.1 Å². The summed E-state index contributed by atoms with van der Waals surface area (Å²) in [6.07, 6.45) is 3.71. The summed E-state index contributed by atoms with van der Waals surface area (Å²) in [5, 5.41) is 13.6. The third kappa shape index (κ3) is 7.48. The van der Waals surface area contributed by atoms with E-state index < -0.39 is 5.97 Å². The number of nitrogens with one attached hydrogen (secondary N) is 1. The number of benzene rings is 1. The molecular weight excluding hydrogens is 321 g/mol. The number of carbonyl (C=O) groups is 1. The molecule has 0 aliphatic carbocycles. The van der Waals surface area contributed by atoms with Crippen molar-refractivity contribution in [1.29, 1.82) is 0 Å². The average molecular weight is 346 g/mol. The standard InChI is InChI=1S/C17H25Cl2NO2/c1-12(2)9-14(17(21)22)11-20-8-4-3-5-13-6-7-15(18)16(19)10-13/h6-7,10,12,14,20H,3-5,8-9,11H2,1-2H3,(H,21,22). The van der Waals surface area contributed by atoms with Crippen LogP contribution in [0.15, 0.2) is 18.2 Å². The molecule has 0 bridgehead atoms. The Morgan fingerprint density at radius 1 is 1.23 bits per heavy atom. The van der Waals surface area contributed by atoms with Gasteiger partial charge in [-0.25, -0.2) is 0 Å². The van der Waals surface area contributed by atoms with Gasteiger partial charge in [0, 0.05) is 6.54 Å². The minimum absolute atomic E-state index is 0.296. The van der Waals surface area contributed by atoms with Crippen molar-refractivity contribution in [1.82, 2.24) is 5.32 Å². The number of aliphatic carboxylic acids is 1. The molecule has 5 heteroatoms. The Balaban J connectivity index is 2.19. The van der Waals surface area contributed by atoms with Crippen molar-refractivity contribution in [2.45, 2.75) is 39.5 Å². The highest BCUT2D eigenvalue weighted by atomic mass is 35.5. The number of carboxylic acid groups (broad SMARTS) is 1. The second-order valence-corrected chi connectivity index (χ2v) is 6.89. The maximum atomic E-state index is 11.1. The first-order valence-corrected chi connectivity index (χ1v) is 8.53. The van der Waals surface area contributed by atoms with Gasteiger partial charge in [-0.1, -0.05) is 43.1 Å². The molecule has 22 heavy (non-hydrogen) atoms. The fraction of sp³-hybridized carbons (Fsp3) is 0.588. The largest absolute Gasteiger partial charge is 0.481 e. The Morgan fingerprint density at radius 2 is 1.95 bits per heavy atom. The summed E-state index contributed by atoms with van der Waals surface area (Å²) in [7, 11) is 0. The summed E-state index contributed by atoms with van der Waals surface area (Å²) in [6, 6.07) is 5.71. The summed E-state index contributed by atoms with van der Waals surface area (Å²) >= 11 is 11.9. The van der Waals surface area contributed by atoms with Gasteiger partial charge >= 0.3 is 5.97 Å². The van der Waals surface area contributed by atoms with Crippen LogP contribution in [-0.2, 0) is 11.2 Å². The maximum Gasteiger partial charge on any atom is 0.307 e. The first kappa shape index (κ1) is 19.3. The lowest BCUT2D eigenvalue weighted by atomic mass is 9.97. The second-order valence-electron chi connectivity index (χ2n) is 6.07. The Hall–Kier alpha value is -0.770. The fourth-order valence-corrected chi connectivity index (χ4v) is 2.71. The van der Waals surface area contributed by atoms with Gasteiger partial charge in [0.1, 0.15) is 0 Å². The minimum Gasteiger partial charge on any atom is -0.481 e. The van der Waals surface area contributed by atoms with E-state index >= 15 is 0 Å². The number of aryl methyl sites for hydroxylation is 1. The first-order valence-electron chi connectivity index (χ1n) is 7.77. The zero-order valence-corrected chi connectivity index (χ0v) is 14.8. The molecule has 0 aromatic heterocycles. The molecule has 1 aromatic carbocycles. The molecule has 0 saturated heterocycles. The Kier molecular flexibility index (Phi) is 8.84. The number of unbranched alkanes of at least 4 members (excludes halogenated alkanes) is 1. The van der Waals surface area contributed by atoms with Gasteiger partial charge < -0.3 is 10.4 Å². The highest BCUT2D eigenvalue weighted by molar-refractivity contribution is 6.42. The SMILES string of the molecule is CC(C)CC(CNCCCCc1ccc(Cl)c(Cl)c1)C(=O)O. The Morgan fingerprint density at radius 3 is 2.55 bits per heavy atom. The van der Waals surface area contributed by atoms with E-state index in [1.54, 1.807) is 0 Å². The topological polar surface area (TPSA) is 49.3 Å². The molecule has 0 fully saturated rings. The zero-order chi connectivity index (χ0) is 16.5. The van der Waals surface area contributed by atoms with Crippen LogP contribution in [-0.4, -0.2) is 24.2 Å². The predicted octanol–water partition coefficient (Wildman–Crippen LogP) is 4.65. The van der Waals surface area contributed by atoms with Gasteiger partial charge in [-0.2, -0.15) is 0 Å². The number of rotatable bonds is 10. The van der Waals surface area contributed by atoms with Gasteiger partial charge in [-0.05, 0) is 55.8 Å². The summed E-state index contributed by atoms with van der Waals surface area (Å²) in [5.41, 5.74) is 1.18. The molecule has 2 N–H and O–H groups in total. The molecule has 1 rings (SSSR count). The van der Waals surface area contributed by atoms with Gasteiger partial charge in [-0.15, -0.1) is 0 Å². The summed E-state index contributed by atoms with van der Waals surface area (Å²) in [5.74, 6) is -0.607. The van der Waals surface area contributed by atoms with E-state index in [0.717, 1.165) is 25.8 Å². The summed E-state index contributed by atoms with van der Waals surface area (Å²) in [6.45, 7) is 5.48. The van der Waals surface area contributed by atoms with Gasteiger partial charge in [0.05, 0.1) is 16.0 Å². The molecule has 1 aromatic rings. The van der Waals surface area contributed by atoms with Crippen molar-refractivity contribution in [3.05, 3.63) is 33.8 Å². The van der Waals surface area contributed by atoms with Gasteiger partial charge in [0.15, 0.2) is 0 Å². The average Bonchev–Trinajstić information content (AvgIpc) is 2.44. The number of hydrogen-bond acceptors (Lipinski definition) is 2. The third-order valence-corrected chi connectivity index (χ3v) is 4.29. The molecule has 0 heterocycles. The monoisotopic (exact) mass is 345 g/mol. The van der Waals surface area contributed by atoms with E-state index in [1.165, 1.54) is 5.56 Å². The highest BCUT2D eigenvalue weighted by Gasteiger charge is 2.17. The molecule has 0 aliphatic heterocycles. The van der Waals surface area contributed by atoms with Crippen LogP contribution >= 0.6 is 23.2 Å². The molecule has 0 spiro atoms. The quantitative estimate of drug-likeness (QED) is 0.606. The van der Waals surface area contributed by atoms with Crippen LogP contribution in [0.4, 0.5) is 0 Å². The summed E-state index contributed by atoms with van der Waals surface area (Å²) in [4.78, 5) is 11.1. The van der Waals surface area contributed by atoms with E-state index in [0.29, 0.717) is 28.9 Å². The van der Waals surface area contributed by atoms with Crippen LogP contribution in [0.25, 0.3) is 0 Å². The van der Waals surface area contributed by atoms with Crippen molar-refractivity contribution < 1.29 is 9.90 Å². The molecule has 124 valence electrons. The second kappa shape index (κ2) is 10.1. The van der Waals surface area contributed by atoms with Gasteiger partial charge in [0.25, 0.3) is 0 Å². The maximum absolute atomic E-state index is 11.1. The lowest BCUT2D eigenvalue weighted by Crippen LogP contribution is -2.30. The molecule has 1 atom stereocenters. The molecule has 0 aliphatic rings. The third-order valence-electron chi connectivity index (χ3n) is 3.55. The number of hydrogen-bond donors (Lipinski definition) is 2. The van der Waals surface area contributed by atoms with E-state index in [9.17, 15) is 4.79 Å². The molecule has 1 unspecified atom stereocenters. The van der Waals surface area contributed by atoms with Crippen LogP contribution < -0.4 is 5.32 Å². The predicted molar refractivity (Wildman–Crippen MR) is 92.9 cm³/mol. The fourth-order valence-electron chi connectivity index (χ4n) is 2.39. The van der Waals surface area contributed by atoms with Gasteiger partial charge in [0.2, 0.25) is 0 Å². The van der Waals surface area contributed by atoms with Gasteiger partial charge in [-0.3, -0.25) is 4.79 Å². The lowest BCUT2D eigenvalue weighted by Gasteiger charge is -2.15. The van der Waals surface area contributed by atoms with E-state index in [4.69, 9.17) is 28.3 Å².